The molecule has 1 aromatic rings. The van der Waals surface area contributed by atoms with Crippen LogP contribution >= 0.6 is 11.6 Å². The molecule has 0 saturated heterocycles. The maximum atomic E-state index is 5.99. The minimum Gasteiger partial charge on any atom is -0.307 e. The van der Waals surface area contributed by atoms with Gasteiger partial charge in [0.1, 0.15) is 0 Å². The molecule has 0 spiro atoms. The Kier molecular flexibility index (Phi) is 3.31. The highest BCUT2D eigenvalue weighted by molar-refractivity contribution is 6.30. The van der Waals surface area contributed by atoms with Crippen molar-refractivity contribution in [2.75, 3.05) is 0 Å². The Morgan fingerprint density at radius 2 is 1.50 bits per heavy atom. The molecule has 5 rings (SSSR count). The lowest BCUT2D eigenvalue weighted by molar-refractivity contribution is -0.0171. The molecular weight excluding hydrogens is 266 g/mol. The second kappa shape index (κ2) is 5.03. The quantitative estimate of drug-likeness (QED) is 0.841. The average molecular weight is 290 g/mol. The third-order valence-corrected chi connectivity index (χ3v) is 6.29. The van der Waals surface area contributed by atoms with Crippen LogP contribution in [0.5, 0.6) is 0 Å². The van der Waals surface area contributed by atoms with Gasteiger partial charge in [-0.25, -0.2) is 0 Å². The molecule has 20 heavy (non-hydrogen) atoms. The fourth-order valence-corrected chi connectivity index (χ4v) is 5.46. The summed E-state index contributed by atoms with van der Waals surface area (Å²) in [6.07, 6.45) is 7.47. The molecule has 2 heteroatoms. The van der Waals surface area contributed by atoms with E-state index >= 15 is 0 Å². The highest BCUT2D eigenvalue weighted by atomic mass is 35.5. The zero-order chi connectivity index (χ0) is 13.7. The van der Waals surface area contributed by atoms with E-state index in [-0.39, 0.29) is 0 Å². The van der Waals surface area contributed by atoms with E-state index in [0.29, 0.717) is 6.04 Å². The summed E-state index contributed by atoms with van der Waals surface area (Å²) in [4.78, 5) is 0. The molecule has 108 valence electrons. The molecule has 0 amide bonds. The Labute approximate surface area is 127 Å². The summed E-state index contributed by atoms with van der Waals surface area (Å²) < 4.78 is 0. The van der Waals surface area contributed by atoms with Crippen LogP contribution in [0.15, 0.2) is 24.3 Å². The van der Waals surface area contributed by atoms with Crippen LogP contribution in [0, 0.1) is 23.7 Å². The van der Waals surface area contributed by atoms with Crippen molar-refractivity contribution >= 4 is 11.6 Å². The first kappa shape index (κ1) is 13.2. The van der Waals surface area contributed by atoms with Gasteiger partial charge in [-0.2, -0.15) is 0 Å². The van der Waals surface area contributed by atoms with Crippen molar-refractivity contribution in [3.05, 3.63) is 34.9 Å². The van der Waals surface area contributed by atoms with Gasteiger partial charge in [0.2, 0.25) is 0 Å². The van der Waals surface area contributed by atoms with Crippen LogP contribution in [-0.2, 0) is 0 Å². The fourth-order valence-electron chi connectivity index (χ4n) is 5.33. The zero-order valence-corrected chi connectivity index (χ0v) is 12.9. The first-order valence-corrected chi connectivity index (χ1v) is 8.58. The first-order chi connectivity index (χ1) is 9.69. The number of halogens is 1. The summed E-state index contributed by atoms with van der Waals surface area (Å²) in [5, 5.41) is 4.78. The molecule has 1 aromatic carbocycles. The SMILES string of the molecule is C[C@@H](NC1C2CC3CC(C2)CC1C3)c1ccc(Cl)cc1. The van der Waals surface area contributed by atoms with Crippen LogP contribution in [0.1, 0.15) is 50.6 Å². The lowest BCUT2D eigenvalue weighted by Gasteiger charge is -2.55. The number of rotatable bonds is 3. The summed E-state index contributed by atoms with van der Waals surface area (Å²) in [6, 6.07) is 9.53. The molecule has 1 atom stereocenters. The van der Waals surface area contributed by atoms with Gasteiger partial charge in [-0.3, -0.25) is 0 Å². The van der Waals surface area contributed by atoms with Crippen LogP contribution < -0.4 is 5.32 Å². The van der Waals surface area contributed by atoms with Crippen LogP contribution in [0.25, 0.3) is 0 Å². The second-order valence-electron chi connectivity index (χ2n) is 7.40. The van der Waals surface area contributed by atoms with Crippen molar-refractivity contribution in [2.45, 2.75) is 51.1 Å². The predicted molar refractivity (Wildman–Crippen MR) is 83.8 cm³/mol. The second-order valence-corrected chi connectivity index (χ2v) is 7.83. The highest BCUT2D eigenvalue weighted by Gasteiger charge is 2.48. The third kappa shape index (κ3) is 2.29. The monoisotopic (exact) mass is 289 g/mol. The van der Waals surface area contributed by atoms with Crippen molar-refractivity contribution in [3.8, 4) is 0 Å². The van der Waals surface area contributed by atoms with E-state index in [0.717, 1.165) is 34.7 Å². The van der Waals surface area contributed by atoms with E-state index in [9.17, 15) is 0 Å². The summed E-state index contributed by atoms with van der Waals surface area (Å²) in [5.74, 6) is 4.00. The molecule has 4 saturated carbocycles. The van der Waals surface area contributed by atoms with E-state index in [1.807, 2.05) is 12.1 Å². The lowest BCUT2D eigenvalue weighted by atomic mass is 9.54. The van der Waals surface area contributed by atoms with Crippen molar-refractivity contribution in [2.24, 2.45) is 23.7 Å². The van der Waals surface area contributed by atoms with Crippen molar-refractivity contribution in [1.82, 2.24) is 5.32 Å². The number of hydrogen-bond donors (Lipinski definition) is 1. The van der Waals surface area contributed by atoms with E-state index in [4.69, 9.17) is 11.6 Å². The van der Waals surface area contributed by atoms with Crippen LogP contribution in [-0.4, -0.2) is 6.04 Å². The van der Waals surface area contributed by atoms with Crippen molar-refractivity contribution in [1.29, 1.82) is 0 Å². The van der Waals surface area contributed by atoms with Crippen LogP contribution in [0.4, 0.5) is 0 Å². The first-order valence-electron chi connectivity index (χ1n) is 8.20. The largest absolute Gasteiger partial charge is 0.307 e. The molecule has 1 N–H and O–H groups in total. The molecule has 4 aliphatic rings. The lowest BCUT2D eigenvalue weighted by Crippen LogP contribution is -2.54. The molecular formula is C18H24ClN. The Hall–Kier alpha value is -0.530. The van der Waals surface area contributed by atoms with Gasteiger partial charge < -0.3 is 5.32 Å². The maximum absolute atomic E-state index is 5.99. The molecule has 4 aliphatic carbocycles. The van der Waals surface area contributed by atoms with Gasteiger partial charge in [0.25, 0.3) is 0 Å². The molecule has 0 unspecified atom stereocenters. The van der Waals surface area contributed by atoms with E-state index in [1.54, 1.807) is 0 Å². The molecule has 0 radical (unpaired) electrons. The Balaban J connectivity index is 1.47. The fraction of sp³-hybridized carbons (Fsp3) is 0.667. The summed E-state index contributed by atoms with van der Waals surface area (Å²) in [5.41, 5.74) is 1.36. The van der Waals surface area contributed by atoms with Gasteiger partial charge in [0.05, 0.1) is 0 Å². The third-order valence-electron chi connectivity index (χ3n) is 6.04. The molecule has 0 aliphatic heterocycles. The van der Waals surface area contributed by atoms with Gasteiger partial charge >= 0.3 is 0 Å². The number of hydrogen-bond acceptors (Lipinski definition) is 1. The predicted octanol–water partition coefficient (Wildman–Crippen LogP) is 4.82. The highest BCUT2D eigenvalue weighted by Crippen LogP contribution is 2.54. The van der Waals surface area contributed by atoms with Gasteiger partial charge in [-0.15, -0.1) is 0 Å². The van der Waals surface area contributed by atoms with Crippen molar-refractivity contribution in [3.63, 3.8) is 0 Å². The Morgan fingerprint density at radius 3 is 2.05 bits per heavy atom. The normalized spacial score (nSPS) is 40.0. The van der Waals surface area contributed by atoms with Gasteiger partial charge in [-0.1, -0.05) is 23.7 Å². The van der Waals surface area contributed by atoms with Gasteiger partial charge in [0, 0.05) is 17.1 Å². The zero-order valence-electron chi connectivity index (χ0n) is 12.2. The van der Waals surface area contributed by atoms with Gasteiger partial charge in [-0.05, 0) is 80.4 Å². The van der Waals surface area contributed by atoms with Crippen LogP contribution in [0.2, 0.25) is 5.02 Å². The molecule has 4 fully saturated rings. The van der Waals surface area contributed by atoms with E-state index in [2.05, 4.69) is 24.4 Å². The summed E-state index contributed by atoms with van der Waals surface area (Å²) >= 11 is 5.99. The molecule has 4 bridgehead atoms. The minimum absolute atomic E-state index is 0.440. The Bertz CT molecular complexity index is 453. The number of benzene rings is 1. The standard InChI is InChI=1S/C18H24ClN/c1-11(14-2-4-17(19)5-3-14)20-18-15-7-12-6-13(9-15)10-16(18)8-12/h2-5,11-13,15-16,18,20H,6-10H2,1H3/t11-,12?,13?,15?,16?,18?/m1/s1. The van der Waals surface area contributed by atoms with Gasteiger partial charge in [0.15, 0.2) is 0 Å². The Morgan fingerprint density at radius 1 is 0.950 bits per heavy atom. The summed E-state index contributed by atoms with van der Waals surface area (Å²) in [6.45, 7) is 2.30. The van der Waals surface area contributed by atoms with E-state index in [1.165, 1.54) is 37.7 Å². The molecule has 0 aromatic heterocycles. The van der Waals surface area contributed by atoms with Crippen LogP contribution in [0.3, 0.4) is 0 Å². The number of nitrogens with one attached hydrogen (secondary N) is 1. The smallest absolute Gasteiger partial charge is 0.0406 e. The summed E-state index contributed by atoms with van der Waals surface area (Å²) in [7, 11) is 0. The topological polar surface area (TPSA) is 12.0 Å². The van der Waals surface area contributed by atoms with Crippen molar-refractivity contribution < 1.29 is 0 Å². The molecule has 0 heterocycles. The maximum Gasteiger partial charge on any atom is 0.0406 e. The van der Waals surface area contributed by atoms with E-state index < -0.39 is 0 Å². The average Bonchev–Trinajstić information content (AvgIpc) is 2.42. The molecule has 1 nitrogen and oxygen atoms in total. The minimum atomic E-state index is 0.440.